The smallest absolute Gasteiger partial charge is 0.356 e. The van der Waals surface area contributed by atoms with E-state index in [-0.39, 0.29) is 17.4 Å². The summed E-state index contributed by atoms with van der Waals surface area (Å²) in [5.74, 6) is -0.692. The van der Waals surface area contributed by atoms with Crippen molar-refractivity contribution < 1.29 is 23.5 Å². The fourth-order valence-electron chi connectivity index (χ4n) is 3.91. The Morgan fingerprint density at radius 2 is 1.94 bits per heavy atom. The minimum atomic E-state index is -0.596. The second-order valence-electron chi connectivity index (χ2n) is 8.08. The van der Waals surface area contributed by atoms with Gasteiger partial charge in [-0.15, -0.1) is 0 Å². The zero-order chi connectivity index (χ0) is 24.8. The number of rotatable bonds is 10. The van der Waals surface area contributed by atoms with E-state index < -0.39 is 11.9 Å². The second-order valence-corrected chi connectivity index (χ2v) is 8.08. The van der Waals surface area contributed by atoms with Gasteiger partial charge in [0.15, 0.2) is 11.5 Å². The molecule has 0 saturated carbocycles. The minimum Gasteiger partial charge on any atom is -0.464 e. The lowest BCUT2D eigenvalue weighted by Crippen LogP contribution is -2.18. The van der Waals surface area contributed by atoms with Gasteiger partial charge in [-0.05, 0) is 29.7 Å². The van der Waals surface area contributed by atoms with Crippen molar-refractivity contribution >= 4 is 34.3 Å². The van der Waals surface area contributed by atoms with E-state index in [1.165, 1.54) is 18.9 Å². The average Bonchev–Trinajstić information content (AvgIpc) is 3.53. The molecular formula is C26H28N4O5. The predicted octanol–water partition coefficient (Wildman–Crippen LogP) is 4.53. The molecule has 0 unspecified atom stereocenters. The number of benzene rings is 1. The van der Waals surface area contributed by atoms with Crippen LogP contribution in [0.3, 0.4) is 0 Å². The number of esters is 1. The fourth-order valence-corrected chi connectivity index (χ4v) is 3.91. The summed E-state index contributed by atoms with van der Waals surface area (Å²) >= 11 is 0. The van der Waals surface area contributed by atoms with Crippen LogP contribution in [0.15, 0.2) is 65.4 Å². The van der Waals surface area contributed by atoms with Crippen LogP contribution < -0.4 is 10.6 Å². The van der Waals surface area contributed by atoms with E-state index in [4.69, 9.17) is 13.9 Å². The number of anilines is 2. The molecule has 0 fully saturated rings. The molecule has 1 aromatic carbocycles. The number of nitrogens with zero attached hydrogens (tertiary/aromatic N) is 2. The Labute approximate surface area is 203 Å². The molecule has 0 bridgehead atoms. The summed E-state index contributed by atoms with van der Waals surface area (Å²) in [5, 5.41) is 6.83. The van der Waals surface area contributed by atoms with Crippen LogP contribution in [0.2, 0.25) is 0 Å². The molecule has 9 nitrogen and oxygen atoms in total. The van der Waals surface area contributed by atoms with Crippen molar-refractivity contribution in [2.45, 2.75) is 19.4 Å². The first-order valence-corrected chi connectivity index (χ1v) is 11.3. The summed E-state index contributed by atoms with van der Waals surface area (Å²) in [7, 11) is 2.87. The molecule has 9 heteroatoms. The molecule has 3 aromatic heterocycles. The summed E-state index contributed by atoms with van der Waals surface area (Å²) < 4.78 is 17.2. The molecule has 35 heavy (non-hydrogen) atoms. The van der Waals surface area contributed by atoms with Gasteiger partial charge in [0.2, 0.25) is 0 Å². The van der Waals surface area contributed by atoms with Gasteiger partial charge in [-0.1, -0.05) is 37.3 Å². The maximum absolute atomic E-state index is 12.8. The topological polar surface area (TPSA) is 108 Å². The Morgan fingerprint density at radius 1 is 1.14 bits per heavy atom. The number of pyridine rings is 1. The summed E-state index contributed by atoms with van der Waals surface area (Å²) in [6, 6.07) is 15.3. The van der Waals surface area contributed by atoms with Crippen molar-refractivity contribution in [3.63, 3.8) is 0 Å². The van der Waals surface area contributed by atoms with Gasteiger partial charge in [-0.3, -0.25) is 4.79 Å². The van der Waals surface area contributed by atoms with E-state index >= 15 is 0 Å². The number of fused-ring (bicyclic) bond motifs is 1. The highest BCUT2D eigenvalue weighted by Gasteiger charge is 2.27. The largest absolute Gasteiger partial charge is 0.464 e. The maximum Gasteiger partial charge on any atom is 0.356 e. The molecule has 0 aliphatic carbocycles. The first kappa shape index (κ1) is 24.0. The van der Waals surface area contributed by atoms with Gasteiger partial charge < -0.3 is 29.1 Å². The van der Waals surface area contributed by atoms with Gasteiger partial charge in [0.25, 0.3) is 5.91 Å². The monoisotopic (exact) mass is 476 g/mol. The predicted molar refractivity (Wildman–Crippen MR) is 133 cm³/mol. The summed E-state index contributed by atoms with van der Waals surface area (Å²) in [6.45, 7) is 3.51. The van der Waals surface area contributed by atoms with Crippen LogP contribution in [0, 0.1) is 0 Å². The highest BCUT2D eigenvalue weighted by molar-refractivity contribution is 6.14. The quantitative estimate of drug-likeness (QED) is 0.324. The third-order valence-corrected chi connectivity index (χ3v) is 5.76. The second kappa shape index (κ2) is 10.9. The molecule has 3 heterocycles. The number of amides is 1. The molecule has 1 amide bonds. The lowest BCUT2D eigenvalue weighted by Gasteiger charge is -2.14. The Bertz CT molecular complexity index is 1300. The molecular weight excluding hydrogens is 448 g/mol. The van der Waals surface area contributed by atoms with E-state index in [2.05, 4.69) is 34.7 Å². The Morgan fingerprint density at radius 3 is 2.63 bits per heavy atom. The Kier molecular flexibility index (Phi) is 7.47. The van der Waals surface area contributed by atoms with E-state index in [1.807, 2.05) is 24.3 Å². The molecule has 0 spiro atoms. The lowest BCUT2D eigenvalue weighted by molar-refractivity contribution is 0.0588. The number of carbonyl (C=O) groups excluding carboxylic acids is 2. The van der Waals surface area contributed by atoms with Crippen LogP contribution in [0.5, 0.6) is 0 Å². The minimum absolute atomic E-state index is 0.123. The van der Waals surface area contributed by atoms with Crippen molar-refractivity contribution in [1.82, 2.24) is 9.55 Å². The molecule has 1 atom stereocenters. The van der Waals surface area contributed by atoms with Gasteiger partial charge in [0, 0.05) is 25.6 Å². The van der Waals surface area contributed by atoms with Crippen LogP contribution in [0.1, 0.15) is 39.4 Å². The van der Waals surface area contributed by atoms with Crippen LogP contribution in [-0.4, -0.2) is 48.8 Å². The van der Waals surface area contributed by atoms with Crippen molar-refractivity contribution in [3.05, 3.63) is 78.0 Å². The number of carbonyl (C=O) groups is 2. The Hall–Kier alpha value is -4.11. The van der Waals surface area contributed by atoms with Crippen molar-refractivity contribution in [3.8, 4) is 0 Å². The van der Waals surface area contributed by atoms with E-state index in [0.29, 0.717) is 36.4 Å². The SMILES string of the molecule is COCCn1c(C(=O)OC)c(NC(=O)c2ccco2)c2cc(NC[C@H](C)c3ccccc3)cnc21. The molecule has 4 rings (SSSR count). The maximum atomic E-state index is 12.8. The van der Waals surface area contributed by atoms with Gasteiger partial charge >= 0.3 is 5.97 Å². The molecule has 0 saturated heterocycles. The third-order valence-electron chi connectivity index (χ3n) is 5.76. The highest BCUT2D eigenvalue weighted by atomic mass is 16.5. The number of furan rings is 1. The number of methoxy groups -OCH3 is 2. The average molecular weight is 477 g/mol. The zero-order valence-corrected chi connectivity index (χ0v) is 19.9. The summed E-state index contributed by atoms with van der Waals surface area (Å²) in [4.78, 5) is 30.3. The lowest BCUT2D eigenvalue weighted by atomic mass is 10.0. The number of hydrogen-bond acceptors (Lipinski definition) is 7. The first-order chi connectivity index (χ1) is 17.0. The normalized spacial score (nSPS) is 11.9. The van der Waals surface area contributed by atoms with Crippen LogP contribution in [0.4, 0.5) is 11.4 Å². The van der Waals surface area contributed by atoms with Gasteiger partial charge in [0.1, 0.15) is 5.65 Å². The standard InChI is InChI=1S/C26H28N4O5/c1-17(18-8-5-4-6-9-18)15-27-19-14-20-22(29-25(31)21-10-7-12-35-21)23(26(32)34-3)30(11-13-33-2)24(20)28-16-19/h4-10,12,14,16-17,27H,11,13,15H2,1-3H3,(H,29,31)/t17-/m0/s1. The Balaban J connectivity index is 1.73. The number of hydrogen-bond donors (Lipinski definition) is 2. The molecule has 0 radical (unpaired) electrons. The van der Waals surface area contributed by atoms with E-state index in [0.717, 1.165) is 5.69 Å². The van der Waals surface area contributed by atoms with Gasteiger partial charge in [-0.25, -0.2) is 9.78 Å². The van der Waals surface area contributed by atoms with E-state index in [1.54, 1.807) is 30.0 Å². The molecule has 4 aromatic rings. The van der Waals surface area contributed by atoms with Crippen molar-refractivity contribution in [1.29, 1.82) is 0 Å². The van der Waals surface area contributed by atoms with Crippen LogP contribution in [-0.2, 0) is 16.0 Å². The van der Waals surface area contributed by atoms with E-state index in [9.17, 15) is 9.59 Å². The molecule has 0 aliphatic rings. The summed E-state index contributed by atoms with van der Waals surface area (Å²) in [6.07, 6.45) is 3.12. The number of ether oxygens (including phenoxy) is 2. The zero-order valence-electron chi connectivity index (χ0n) is 19.9. The summed E-state index contributed by atoms with van der Waals surface area (Å²) in [5.41, 5.74) is 2.99. The van der Waals surface area contributed by atoms with Crippen molar-refractivity contribution in [2.75, 3.05) is 38.0 Å². The number of aromatic nitrogens is 2. The van der Waals surface area contributed by atoms with Crippen LogP contribution >= 0.6 is 0 Å². The number of nitrogens with one attached hydrogen (secondary N) is 2. The third kappa shape index (κ3) is 5.20. The molecule has 182 valence electrons. The molecule has 2 N–H and O–H groups in total. The molecule has 0 aliphatic heterocycles. The van der Waals surface area contributed by atoms with Crippen LogP contribution in [0.25, 0.3) is 11.0 Å². The van der Waals surface area contributed by atoms with Gasteiger partial charge in [0.05, 0.1) is 37.6 Å². The van der Waals surface area contributed by atoms with Crippen molar-refractivity contribution in [2.24, 2.45) is 0 Å². The fraction of sp³-hybridized carbons (Fsp3) is 0.269. The highest BCUT2D eigenvalue weighted by Crippen LogP contribution is 2.33. The first-order valence-electron chi connectivity index (χ1n) is 11.3. The van der Waals surface area contributed by atoms with Gasteiger partial charge in [-0.2, -0.15) is 0 Å².